The molecule has 35 heavy (non-hydrogen) atoms. The maximum Gasteiger partial charge on any atom is 0.187 e. The van der Waals surface area contributed by atoms with Crippen LogP contribution in [0.2, 0.25) is 5.02 Å². The average molecular weight is 516 g/mol. The molecule has 6 nitrogen and oxygen atoms in total. The summed E-state index contributed by atoms with van der Waals surface area (Å²) in [4.78, 5) is 0. The van der Waals surface area contributed by atoms with Crippen molar-refractivity contribution in [2.75, 3.05) is 26.4 Å². The van der Waals surface area contributed by atoms with Gasteiger partial charge in [-0.1, -0.05) is 49.1 Å². The van der Waals surface area contributed by atoms with Gasteiger partial charge in [-0.15, -0.1) is 6.58 Å². The summed E-state index contributed by atoms with van der Waals surface area (Å²) in [7, 11) is 0. The van der Waals surface area contributed by atoms with Crippen LogP contribution in [0, 0.1) is 0 Å². The first-order chi connectivity index (χ1) is 17.1. The van der Waals surface area contributed by atoms with Crippen LogP contribution in [0.15, 0.2) is 54.2 Å². The Balaban J connectivity index is 1.52. The molecule has 0 spiro atoms. The maximum atomic E-state index is 6.49. The van der Waals surface area contributed by atoms with Gasteiger partial charge in [0.15, 0.2) is 16.6 Å². The summed E-state index contributed by atoms with van der Waals surface area (Å²) in [5, 5.41) is 7.89. The first kappa shape index (κ1) is 26.8. The number of halogens is 1. The van der Waals surface area contributed by atoms with Gasteiger partial charge in [-0.25, -0.2) is 0 Å². The molecule has 0 aliphatic heterocycles. The number of nitrogens with zero attached hydrogens (tertiary/aromatic N) is 1. The molecular formula is C27H34ClN3O3S. The largest absolute Gasteiger partial charge is 0.490 e. The van der Waals surface area contributed by atoms with Crippen molar-refractivity contribution < 1.29 is 14.2 Å². The van der Waals surface area contributed by atoms with Gasteiger partial charge in [0.05, 0.1) is 17.8 Å². The van der Waals surface area contributed by atoms with Crippen molar-refractivity contribution in [1.82, 2.24) is 10.7 Å². The molecule has 0 bridgehead atoms. The molecule has 0 aromatic heterocycles. The third kappa shape index (κ3) is 8.75. The number of hydrogen-bond donors (Lipinski definition) is 2. The lowest BCUT2D eigenvalue weighted by atomic mass is 9.84. The molecule has 1 fully saturated rings. The third-order valence-corrected chi connectivity index (χ3v) is 6.19. The van der Waals surface area contributed by atoms with E-state index in [2.05, 4.69) is 34.6 Å². The van der Waals surface area contributed by atoms with Crippen LogP contribution in [0.4, 0.5) is 0 Å². The maximum absolute atomic E-state index is 6.49. The van der Waals surface area contributed by atoms with Crippen LogP contribution in [0.5, 0.6) is 17.2 Å². The molecule has 8 heteroatoms. The number of thiocarbonyl (C=S) groups is 1. The van der Waals surface area contributed by atoms with E-state index < -0.39 is 0 Å². The van der Waals surface area contributed by atoms with Gasteiger partial charge in [0.1, 0.15) is 19.0 Å². The highest BCUT2D eigenvalue weighted by atomic mass is 35.5. The van der Waals surface area contributed by atoms with Gasteiger partial charge in [-0.2, -0.15) is 5.10 Å². The van der Waals surface area contributed by atoms with Gasteiger partial charge < -0.3 is 19.5 Å². The summed E-state index contributed by atoms with van der Waals surface area (Å²) >= 11 is 11.6. The molecule has 0 atom stereocenters. The zero-order valence-electron chi connectivity index (χ0n) is 20.2. The van der Waals surface area contributed by atoms with Gasteiger partial charge in [0, 0.05) is 6.54 Å². The summed E-state index contributed by atoms with van der Waals surface area (Å²) in [5.41, 5.74) is 4.90. The Morgan fingerprint density at radius 3 is 2.57 bits per heavy atom. The Labute approximate surface area is 218 Å². The highest BCUT2D eigenvalue weighted by Gasteiger charge is 2.15. The third-order valence-electron chi connectivity index (χ3n) is 5.67. The second-order valence-electron chi connectivity index (χ2n) is 8.23. The minimum absolute atomic E-state index is 0.336. The lowest BCUT2D eigenvalue weighted by molar-refractivity contribution is 0.208. The van der Waals surface area contributed by atoms with Crippen molar-refractivity contribution in [1.29, 1.82) is 0 Å². The summed E-state index contributed by atoms with van der Waals surface area (Å²) in [5.74, 6) is 2.56. The summed E-state index contributed by atoms with van der Waals surface area (Å²) < 4.78 is 17.5. The van der Waals surface area contributed by atoms with Crippen LogP contribution in [-0.2, 0) is 0 Å². The zero-order valence-corrected chi connectivity index (χ0v) is 21.8. The zero-order chi connectivity index (χ0) is 24.9. The molecule has 3 rings (SSSR count). The molecule has 2 aromatic carbocycles. The van der Waals surface area contributed by atoms with Crippen molar-refractivity contribution in [2.24, 2.45) is 5.10 Å². The topological polar surface area (TPSA) is 64.1 Å². The number of rotatable bonds is 12. The molecule has 0 radical (unpaired) electrons. The fourth-order valence-electron chi connectivity index (χ4n) is 4.01. The predicted molar refractivity (Wildman–Crippen MR) is 147 cm³/mol. The van der Waals surface area contributed by atoms with Crippen LogP contribution in [0.25, 0.3) is 0 Å². The Bertz CT molecular complexity index is 992. The van der Waals surface area contributed by atoms with E-state index in [0.717, 1.165) is 11.3 Å². The van der Waals surface area contributed by atoms with Crippen molar-refractivity contribution in [3.63, 3.8) is 0 Å². The average Bonchev–Trinajstić information content (AvgIpc) is 2.87. The van der Waals surface area contributed by atoms with E-state index in [1.54, 1.807) is 18.4 Å². The molecule has 188 valence electrons. The van der Waals surface area contributed by atoms with Gasteiger partial charge in [0.25, 0.3) is 0 Å². The summed E-state index contributed by atoms with van der Waals surface area (Å²) in [6.07, 6.45) is 9.93. The molecular weight excluding hydrogens is 482 g/mol. The Kier molecular flexibility index (Phi) is 11.2. The fraction of sp³-hybridized carbons (Fsp3) is 0.407. The van der Waals surface area contributed by atoms with E-state index in [-0.39, 0.29) is 0 Å². The lowest BCUT2D eigenvalue weighted by Gasteiger charge is -2.22. The van der Waals surface area contributed by atoms with Gasteiger partial charge in [0.2, 0.25) is 0 Å². The number of nitrogens with one attached hydrogen (secondary N) is 2. The Morgan fingerprint density at radius 1 is 1.11 bits per heavy atom. The van der Waals surface area contributed by atoms with Crippen molar-refractivity contribution >= 4 is 35.1 Å². The molecule has 0 saturated heterocycles. The van der Waals surface area contributed by atoms with E-state index in [9.17, 15) is 0 Å². The highest BCUT2D eigenvalue weighted by Crippen LogP contribution is 2.36. The molecule has 2 N–H and O–H groups in total. The highest BCUT2D eigenvalue weighted by molar-refractivity contribution is 7.80. The summed E-state index contributed by atoms with van der Waals surface area (Å²) in [6, 6.07) is 12.0. The van der Waals surface area contributed by atoms with Gasteiger partial charge in [-0.3, -0.25) is 5.43 Å². The Hall–Kier alpha value is -2.77. The van der Waals surface area contributed by atoms with Crippen LogP contribution >= 0.6 is 23.8 Å². The van der Waals surface area contributed by atoms with Gasteiger partial charge >= 0.3 is 0 Å². The second kappa shape index (κ2) is 14.6. The van der Waals surface area contributed by atoms with Crippen molar-refractivity contribution in [2.45, 2.75) is 44.9 Å². The minimum Gasteiger partial charge on any atom is -0.490 e. The lowest BCUT2D eigenvalue weighted by Crippen LogP contribution is -2.31. The van der Waals surface area contributed by atoms with Crippen LogP contribution in [-0.4, -0.2) is 37.7 Å². The van der Waals surface area contributed by atoms with Crippen LogP contribution < -0.4 is 25.0 Å². The molecule has 2 aromatic rings. The smallest absolute Gasteiger partial charge is 0.187 e. The van der Waals surface area contributed by atoms with E-state index >= 15 is 0 Å². The molecule has 0 unspecified atom stereocenters. The molecule has 1 aliphatic rings. The van der Waals surface area contributed by atoms with Gasteiger partial charge in [-0.05, 0) is 73.3 Å². The molecule has 1 aliphatic carbocycles. The number of ether oxygens (including phenoxy) is 3. The van der Waals surface area contributed by atoms with Crippen molar-refractivity contribution in [3.05, 3.63) is 65.2 Å². The van der Waals surface area contributed by atoms with E-state index in [1.807, 2.05) is 25.1 Å². The standard InChI is InChI=1S/C27H34ClN3O3S/c1-3-14-29-27(35)31-30-19-20-17-24(28)26(25(18-20)32-4-2)34-16-15-33-23-12-10-22(11-13-23)21-8-6-5-7-9-21/h3,10-13,17-19,21H,1,4-9,14-16H2,2H3,(H2,29,31,35)/b30-19+. The minimum atomic E-state index is 0.336. The number of hydrazone groups is 1. The molecule has 1 saturated carbocycles. The van der Waals surface area contributed by atoms with E-state index in [0.29, 0.717) is 53.9 Å². The number of hydrogen-bond acceptors (Lipinski definition) is 5. The van der Waals surface area contributed by atoms with E-state index in [4.69, 9.17) is 38.0 Å². The molecule has 0 amide bonds. The first-order valence-corrected chi connectivity index (χ1v) is 12.9. The SMILES string of the molecule is C=CCNC(=S)N/N=C/c1cc(Cl)c(OCCOc2ccc(C3CCCCC3)cc2)c(OCC)c1. The van der Waals surface area contributed by atoms with Crippen LogP contribution in [0.3, 0.4) is 0 Å². The monoisotopic (exact) mass is 515 g/mol. The molecule has 0 heterocycles. The van der Waals surface area contributed by atoms with Crippen molar-refractivity contribution in [3.8, 4) is 17.2 Å². The number of benzene rings is 2. The summed E-state index contributed by atoms with van der Waals surface area (Å²) in [6.45, 7) is 7.30. The predicted octanol–water partition coefficient (Wildman–Crippen LogP) is 6.23. The second-order valence-corrected chi connectivity index (χ2v) is 9.05. The Morgan fingerprint density at radius 2 is 1.86 bits per heavy atom. The fourth-order valence-corrected chi connectivity index (χ4v) is 4.42. The first-order valence-electron chi connectivity index (χ1n) is 12.1. The van der Waals surface area contributed by atoms with E-state index in [1.165, 1.54) is 37.7 Å². The normalized spacial score (nSPS) is 13.9. The quantitative estimate of drug-likeness (QED) is 0.115. The van der Waals surface area contributed by atoms with Crippen LogP contribution in [0.1, 0.15) is 56.1 Å².